The topological polar surface area (TPSA) is 15.3 Å². The highest BCUT2D eigenvalue weighted by molar-refractivity contribution is 5.19. The highest BCUT2D eigenvalue weighted by Crippen LogP contribution is 2.63. The maximum Gasteiger partial charge on any atom is 0.0227 e. The van der Waals surface area contributed by atoms with E-state index in [4.69, 9.17) is 0 Å². The second-order valence-electron chi connectivity index (χ2n) is 7.29. The molecule has 0 aromatic rings. The van der Waals surface area contributed by atoms with Gasteiger partial charge in [0.25, 0.3) is 0 Å². The lowest BCUT2D eigenvalue weighted by atomic mass is 9.84. The van der Waals surface area contributed by atoms with Gasteiger partial charge in [-0.25, -0.2) is 0 Å². The summed E-state index contributed by atoms with van der Waals surface area (Å²) < 4.78 is 0. The van der Waals surface area contributed by atoms with Crippen LogP contribution in [-0.4, -0.2) is 36.6 Å². The molecule has 4 fully saturated rings. The van der Waals surface area contributed by atoms with Crippen molar-refractivity contribution >= 4 is 0 Å². The summed E-state index contributed by atoms with van der Waals surface area (Å²) in [4.78, 5) is 2.64. The summed E-state index contributed by atoms with van der Waals surface area (Å²) in [7, 11) is 0. The Kier molecular flexibility index (Phi) is 2.23. The predicted molar refractivity (Wildman–Crippen MR) is 67.4 cm³/mol. The molecule has 3 heterocycles. The van der Waals surface area contributed by atoms with Gasteiger partial charge in [0.1, 0.15) is 0 Å². The van der Waals surface area contributed by atoms with E-state index >= 15 is 0 Å². The summed E-state index contributed by atoms with van der Waals surface area (Å²) in [6, 6.07) is 1.50. The number of fused-ring (bicyclic) bond motifs is 3. The van der Waals surface area contributed by atoms with Gasteiger partial charge in [-0.1, -0.05) is 27.7 Å². The fourth-order valence-corrected chi connectivity index (χ4v) is 3.98. The van der Waals surface area contributed by atoms with Gasteiger partial charge in [-0.2, -0.15) is 0 Å². The molecule has 4 aliphatic rings. The summed E-state index contributed by atoms with van der Waals surface area (Å²) in [5.41, 5.74) is 0.970. The zero-order chi connectivity index (χ0) is 11.6. The maximum absolute atomic E-state index is 3.96. The zero-order valence-electron chi connectivity index (χ0n) is 11.2. The first kappa shape index (κ1) is 11.0. The van der Waals surface area contributed by atoms with Gasteiger partial charge in [0, 0.05) is 18.6 Å². The summed E-state index contributed by atoms with van der Waals surface area (Å²) in [5.74, 6) is 0.956. The first-order valence-electron chi connectivity index (χ1n) is 6.91. The molecule has 0 amide bonds. The Labute approximate surface area is 99.8 Å². The van der Waals surface area contributed by atoms with Gasteiger partial charge >= 0.3 is 0 Å². The van der Waals surface area contributed by atoms with E-state index in [1.807, 2.05) is 0 Å². The molecule has 0 aromatic heterocycles. The first-order valence-corrected chi connectivity index (χ1v) is 6.91. The van der Waals surface area contributed by atoms with E-state index in [1.54, 1.807) is 0 Å². The van der Waals surface area contributed by atoms with Crippen LogP contribution in [0.3, 0.4) is 0 Å². The second-order valence-corrected chi connectivity index (χ2v) is 7.29. The third kappa shape index (κ3) is 1.39. The number of nitrogens with zero attached hydrogens (tertiary/aromatic N) is 1. The molecule has 3 aliphatic heterocycles. The van der Waals surface area contributed by atoms with Crippen LogP contribution in [0.15, 0.2) is 0 Å². The van der Waals surface area contributed by atoms with Gasteiger partial charge in [0.15, 0.2) is 0 Å². The number of hydrogen-bond donors (Lipinski definition) is 1. The van der Waals surface area contributed by atoms with Crippen molar-refractivity contribution in [3.8, 4) is 0 Å². The molecular formula is C14H26N2. The van der Waals surface area contributed by atoms with E-state index in [0.29, 0.717) is 10.8 Å². The first-order chi connectivity index (χ1) is 7.43. The average molecular weight is 222 g/mol. The van der Waals surface area contributed by atoms with Crippen molar-refractivity contribution in [2.45, 2.75) is 52.6 Å². The fourth-order valence-electron chi connectivity index (χ4n) is 3.98. The molecule has 1 unspecified atom stereocenters. The number of piperidine rings is 3. The number of nitrogens with one attached hydrogen (secondary N) is 1. The van der Waals surface area contributed by atoms with E-state index in [2.05, 4.69) is 37.9 Å². The van der Waals surface area contributed by atoms with Gasteiger partial charge in [-0.3, -0.25) is 0 Å². The molecule has 0 spiro atoms. The van der Waals surface area contributed by atoms with Crippen molar-refractivity contribution in [1.29, 1.82) is 0 Å². The van der Waals surface area contributed by atoms with Gasteiger partial charge in [-0.15, -0.1) is 0 Å². The Morgan fingerprint density at radius 2 is 1.56 bits per heavy atom. The Balaban J connectivity index is 1.65. The minimum atomic E-state index is 0.485. The SMILES string of the molecule is CC1(C)C(NC2CN3CCC2CC3)C1(C)C. The zero-order valence-corrected chi connectivity index (χ0v) is 11.2. The molecule has 4 rings (SSSR count). The van der Waals surface area contributed by atoms with Crippen molar-refractivity contribution in [3.63, 3.8) is 0 Å². The van der Waals surface area contributed by atoms with E-state index in [0.717, 1.165) is 18.0 Å². The number of rotatable bonds is 2. The van der Waals surface area contributed by atoms with Crippen LogP contribution in [0.5, 0.6) is 0 Å². The lowest BCUT2D eigenvalue weighted by Gasteiger charge is -2.45. The minimum absolute atomic E-state index is 0.485. The van der Waals surface area contributed by atoms with Crippen LogP contribution in [0, 0.1) is 16.7 Å². The van der Waals surface area contributed by atoms with E-state index < -0.39 is 0 Å². The van der Waals surface area contributed by atoms with Gasteiger partial charge in [0.2, 0.25) is 0 Å². The lowest BCUT2D eigenvalue weighted by Crippen LogP contribution is -2.57. The normalized spacial score (nSPS) is 44.6. The van der Waals surface area contributed by atoms with Crippen molar-refractivity contribution in [2.75, 3.05) is 19.6 Å². The van der Waals surface area contributed by atoms with E-state index in [-0.39, 0.29) is 0 Å². The van der Waals surface area contributed by atoms with Gasteiger partial charge < -0.3 is 10.2 Å². The van der Waals surface area contributed by atoms with Gasteiger partial charge in [0.05, 0.1) is 0 Å². The molecular weight excluding hydrogens is 196 g/mol. The van der Waals surface area contributed by atoms with Crippen LogP contribution in [0.1, 0.15) is 40.5 Å². The van der Waals surface area contributed by atoms with Crippen LogP contribution in [0.2, 0.25) is 0 Å². The van der Waals surface area contributed by atoms with Crippen molar-refractivity contribution in [1.82, 2.24) is 10.2 Å². The molecule has 1 N–H and O–H groups in total. The molecule has 2 nitrogen and oxygen atoms in total. The van der Waals surface area contributed by atoms with Crippen LogP contribution >= 0.6 is 0 Å². The molecule has 3 saturated heterocycles. The summed E-state index contributed by atoms with van der Waals surface area (Å²) in [6.07, 6.45) is 2.84. The van der Waals surface area contributed by atoms with Crippen LogP contribution in [0.25, 0.3) is 0 Å². The Hall–Kier alpha value is -0.0800. The third-order valence-electron chi connectivity index (χ3n) is 6.06. The molecule has 1 aliphatic carbocycles. The Bertz CT molecular complexity index is 273. The number of hydrogen-bond acceptors (Lipinski definition) is 2. The highest BCUT2D eigenvalue weighted by Gasteiger charge is 2.65. The van der Waals surface area contributed by atoms with Crippen LogP contribution in [0.4, 0.5) is 0 Å². The molecule has 2 bridgehead atoms. The molecule has 2 heteroatoms. The van der Waals surface area contributed by atoms with E-state index in [1.165, 1.54) is 32.5 Å². The minimum Gasteiger partial charge on any atom is -0.309 e. The van der Waals surface area contributed by atoms with Gasteiger partial charge in [-0.05, 0) is 42.7 Å². The second kappa shape index (κ2) is 3.23. The van der Waals surface area contributed by atoms with Crippen molar-refractivity contribution in [3.05, 3.63) is 0 Å². The smallest absolute Gasteiger partial charge is 0.0227 e. The molecule has 1 atom stereocenters. The molecule has 0 radical (unpaired) electrons. The van der Waals surface area contributed by atoms with Crippen LogP contribution < -0.4 is 5.32 Å². The summed E-state index contributed by atoms with van der Waals surface area (Å²) in [5, 5.41) is 3.96. The lowest BCUT2D eigenvalue weighted by molar-refractivity contribution is 0.0695. The standard InChI is InChI=1S/C14H26N2/c1-13(2)12(14(13,3)4)15-11-9-16-7-5-10(11)6-8-16/h10-12,15H,5-9H2,1-4H3. The quantitative estimate of drug-likeness (QED) is 0.770. The van der Waals surface area contributed by atoms with Crippen molar-refractivity contribution in [2.24, 2.45) is 16.7 Å². The largest absolute Gasteiger partial charge is 0.309 e. The average Bonchev–Trinajstić information content (AvgIpc) is 2.63. The Morgan fingerprint density at radius 3 is 1.94 bits per heavy atom. The fraction of sp³-hybridized carbons (Fsp3) is 1.00. The third-order valence-corrected chi connectivity index (χ3v) is 6.06. The molecule has 0 aromatic carbocycles. The van der Waals surface area contributed by atoms with Crippen molar-refractivity contribution < 1.29 is 0 Å². The molecule has 92 valence electrons. The van der Waals surface area contributed by atoms with E-state index in [9.17, 15) is 0 Å². The van der Waals surface area contributed by atoms with Crippen LogP contribution in [-0.2, 0) is 0 Å². The molecule has 16 heavy (non-hydrogen) atoms. The highest BCUT2D eigenvalue weighted by atomic mass is 15.2. The summed E-state index contributed by atoms with van der Waals surface area (Å²) >= 11 is 0. The molecule has 1 saturated carbocycles. The maximum atomic E-state index is 3.96. The monoisotopic (exact) mass is 222 g/mol. The summed E-state index contributed by atoms with van der Waals surface area (Å²) in [6.45, 7) is 13.6. The predicted octanol–water partition coefficient (Wildman–Crippen LogP) is 2.10. The Morgan fingerprint density at radius 1 is 1.00 bits per heavy atom.